The van der Waals surface area contributed by atoms with Crippen LogP contribution >= 0.6 is 15.9 Å². The summed E-state index contributed by atoms with van der Waals surface area (Å²) in [7, 11) is 1.17. The van der Waals surface area contributed by atoms with Crippen LogP contribution in [0, 0.1) is 0 Å². The third kappa shape index (κ3) is 5.23. The summed E-state index contributed by atoms with van der Waals surface area (Å²) in [6.07, 6.45) is -5.11. The van der Waals surface area contributed by atoms with E-state index in [1.165, 1.54) is 43.5 Å². The Morgan fingerprint density at radius 1 is 0.846 bits per heavy atom. The molecule has 0 aliphatic carbocycles. The second kappa shape index (κ2) is 9.95. The number of hydrogen-bond acceptors (Lipinski definition) is 8. The fraction of sp³-hybridized carbons (Fsp3) is 0.0741. The molecular weight excluding hydrogens is 589 g/mol. The van der Waals surface area contributed by atoms with Crippen LogP contribution in [-0.4, -0.2) is 19.0 Å². The predicted molar refractivity (Wildman–Crippen MR) is 134 cm³/mol. The Bertz CT molecular complexity index is 1800. The number of ether oxygens (including phenoxy) is 3. The maximum atomic E-state index is 13.9. The minimum absolute atomic E-state index is 0.129. The molecule has 0 amide bonds. The first-order valence-corrected chi connectivity index (χ1v) is 11.8. The maximum Gasteiger partial charge on any atom is 0.453 e. The minimum Gasteiger partial charge on any atom is -0.465 e. The van der Waals surface area contributed by atoms with Gasteiger partial charge in [0.05, 0.1) is 18.1 Å². The molecule has 8 nitrogen and oxygen atoms in total. The van der Waals surface area contributed by atoms with Crippen LogP contribution in [0.2, 0.25) is 0 Å². The van der Waals surface area contributed by atoms with Crippen LogP contribution in [0.3, 0.4) is 0 Å². The Kier molecular flexibility index (Phi) is 6.64. The molecule has 39 heavy (non-hydrogen) atoms. The third-order valence-electron chi connectivity index (χ3n) is 5.47. The SMILES string of the molecule is COC(=O)c1ccc(Oc2c(C(F)(F)F)oc3cc(OC(=O)c4cc5cc(Br)ccc5o4)ccc3c2=O)cc1. The van der Waals surface area contributed by atoms with E-state index >= 15 is 0 Å². The highest BCUT2D eigenvalue weighted by atomic mass is 79.9. The van der Waals surface area contributed by atoms with Crippen LogP contribution in [0.4, 0.5) is 13.2 Å². The van der Waals surface area contributed by atoms with E-state index in [1.54, 1.807) is 18.2 Å². The highest BCUT2D eigenvalue weighted by Gasteiger charge is 2.40. The Balaban J connectivity index is 1.48. The summed E-state index contributed by atoms with van der Waals surface area (Å²) in [5.74, 6) is -4.83. The van der Waals surface area contributed by atoms with E-state index in [2.05, 4.69) is 20.7 Å². The molecule has 0 atom stereocenters. The van der Waals surface area contributed by atoms with Crippen molar-refractivity contribution in [1.82, 2.24) is 0 Å². The molecule has 5 rings (SSSR count). The molecule has 3 aromatic carbocycles. The minimum atomic E-state index is -5.11. The third-order valence-corrected chi connectivity index (χ3v) is 5.96. The van der Waals surface area contributed by atoms with E-state index in [-0.39, 0.29) is 28.2 Å². The first-order valence-electron chi connectivity index (χ1n) is 11.0. The number of furan rings is 1. The number of benzene rings is 3. The topological polar surface area (TPSA) is 105 Å². The average Bonchev–Trinajstić information content (AvgIpc) is 3.33. The molecule has 0 bridgehead atoms. The van der Waals surface area contributed by atoms with E-state index in [1.807, 2.05) is 0 Å². The van der Waals surface area contributed by atoms with E-state index < -0.39 is 40.6 Å². The van der Waals surface area contributed by atoms with Gasteiger partial charge in [-0.3, -0.25) is 4.79 Å². The molecular formula is C27H14BrF3O8. The second-order valence-electron chi connectivity index (χ2n) is 8.05. The molecule has 2 heterocycles. The Morgan fingerprint density at radius 2 is 1.56 bits per heavy atom. The van der Waals surface area contributed by atoms with Gasteiger partial charge in [-0.25, -0.2) is 9.59 Å². The van der Waals surface area contributed by atoms with Crippen LogP contribution in [0.25, 0.3) is 21.9 Å². The molecule has 198 valence electrons. The number of alkyl halides is 3. The van der Waals surface area contributed by atoms with Gasteiger partial charge in [-0.2, -0.15) is 13.2 Å². The fourth-order valence-corrected chi connectivity index (χ4v) is 4.04. The van der Waals surface area contributed by atoms with Gasteiger partial charge in [0.25, 0.3) is 5.76 Å². The average molecular weight is 603 g/mol. The first kappa shape index (κ1) is 26.0. The van der Waals surface area contributed by atoms with Crippen LogP contribution < -0.4 is 14.9 Å². The first-order chi connectivity index (χ1) is 18.5. The Labute approximate surface area is 224 Å². The second-order valence-corrected chi connectivity index (χ2v) is 8.96. The molecule has 0 spiro atoms. The molecule has 0 saturated heterocycles. The monoisotopic (exact) mass is 602 g/mol. The number of rotatable bonds is 5. The summed E-state index contributed by atoms with van der Waals surface area (Å²) >= 11 is 3.32. The zero-order valence-corrected chi connectivity index (χ0v) is 21.2. The summed E-state index contributed by atoms with van der Waals surface area (Å²) in [4.78, 5) is 37.2. The van der Waals surface area contributed by atoms with Crippen LogP contribution in [-0.2, 0) is 10.9 Å². The van der Waals surface area contributed by atoms with Crippen molar-refractivity contribution in [3.05, 3.63) is 98.5 Å². The van der Waals surface area contributed by atoms with Crippen molar-refractivity contribution in [1.29, 1.82) is 0 Å². The van der Waals surface area contributed by atoms with Crippen LogP contribution in [0.15, 0.2) is 84.8 Å². The van der Waals surface area contributed by atoms with Crippen molar-refractivity contribution in [2.75, 3.05) is 7.11 Å². The number of carbonyl (C=O) groups is 2. The molecule has 0 unspecified atom stereocenters. The molecule has 0 aliphatic heterocycles. The van der Waals surface area contributed by atoms with Gasteiger partial charge in [-0.05, 0) is 60.7 Å². The van der Waals surface area contributed by atoms with Crippen LogP contribution in [0.1, 0.15) is 26.7 Å². The largest absolute Gasteiger partial charge is 0.465 e. The lowest BCUT2D eigenvalue weighted by molar-refractivity contribution is -0.154. The molecule has 0 radical (unpaired) electrons. The van der Waals surface area contributed by atoms with Gasteiger partial charge >= 0.3 is 18.1 Å². The molecule has 0 aliphatic rings. The number of halogens is 4. The number of carbonyl (C=O) groups excluding carboxylic acids is 2. The molecule has 0 N–H and O–H groups in total. The summed E-state index contributed by atoms with van der Waals surface area (Å²) < 4.78 is 67.9. The molecule has 0 saturated carbocycles. The number of fused-ring (bicyclic) bond motifs is 2. The summed E-state index contributed by atoms with van der Waals surface area (Å²) in [6.45, 7) is 0. The Hall–Kier alpha value is -4.58. The van der Waals surface area contributed by atoms with Crippen molar-refractivity contribution >= 4 is 49.8 Å². The summed E-state index contributed by atoms with van der Waals surface area (Å²) in [5.41, 5.74) is -1.04. The zero-order chi connectivity index (χ0) is 27.9. The Morgan fingerprint density at radius 3 is 2.26 bits per heavy atom. The molecule has 12 heteroatoms. The summed E-state index contributed by atoms with van der Waals surface area (Å²) in [5, 5.41) is 0.376. The number of esters is 2. The zero-order valence-electron chi connectivity index (χ0n) is 19.6. The van der Waals surface area contributed by atoms with Gasteiger partial charge < -0.3 is 23.0 Å². The van der Waals surface area contributed by atoms with Crippen molar-refractivity contribution in [2.45, 2.75) is 6.18 Å². The number of methoxy groups -OCH3 is 1. The van der Waals surface area contributed by atoms with Crippen molar-refractivity contribution in [3.8, 4) is 17.2 Å². The molecule has 0 fully saturated rings. The fourth-order valence-electron chi connectivity index (χ4n) is 3.67. The van der Waals surface area contributed by atoms with E-state index in [4.69, 9.17) is 18.3 Å². The highest BCUT2D eigenvalue weighted by Crippen LogP contribution is 2.39. The number of hydrogen-bond donors (Lipinski definition) is 0. The predicted octanol–water partition coefficient (Wildman–Crippen LogP) is 7.12. The molecule has 2 aromatic heterocycles. The van der Waals surface area contributed by atoms with Gasteiger partial charge in [-0.1, -0.05) is 15.9 Å². The lowest BCUT2D eigenvalue weighted by atomic mass is 10.2. The van der Waals surface area contributed by atoms with Crippen molar-refractivity contribution < 1.29 is 45.8 Å². The normalized spacial score (nSPS) is 11.5. The van der Waals surface area contributed by atoms with E-state index in [0.717, 1.165) is 16.6 Å². The van der Waals surface area contributed by atoms with Gasteiger partial charge in [0, 0.05) is 15.9 Å². The van der Waals surface area contributed by atoms with Crippen molar-refractivity contribution in [2.24, 2.45) is 0 Å². The van der Waals surface area contributed by atoms with E-state index in [0.29, 0.717) is 11.0 Å². The lowest BCUT2D eigenvalue weighted by Gasteiger charge is -2.13. The van der Waals surface area contributed by atoms with Gasteiger partial charge in [0.15, 0.2) is 0 Å². The van der Waals surface area contributed by atoms with Gasteiger partial charge in [0.1, 0.15) is 22.7 Å². The maximum absolute atomic E-state index is 13.9. The van der Waals surface area contributed by atoms with Crippen LogP contribution in [0.5, 0.6) is 17.2 Å². The van der Waals surface area contributed by atoms with Gasteiger partial charge in [-0.15, -0.1) is 0 Å². The quantitative estimate of drug-likeness (QED) is 0.155. The molecule has 5 aromatic rings. The standard InChI is InChI=1S/C27H14BrF3O8/c1-35-25(33)13-2-5-16(6-3-13)36-23-22(32)18-8-7-17(12-20(18)39-24(23)27(29,30)31)37-26(34)21-11-14-10-15(28)4-9-19(14)38-21/h2-12H,1H3. The van der Waals surface area contributed by atoms with E-state index in [9.17, 15) is 27.6 Å². The highest BCUT2D eigenvalue weighted by molar-refractivity contribution is 9.10. The van der Waals surface area contributed by atoms with Gasteiger partial charge in [0.2, 0.25) is 16.9 Å². The van der Waals surface area contributed by atoms with Crippen molar-refractivity contribution in [3.63, 3.8) is 0 Å². The smallest absolute Gasteiger partial charge is 0.453 e. The summed E-state index contributed by atoms with van der Waals surface area (Å²) in [6, 6.07) is 14.8. The lowest BCUT2D eigenvalue weighted by Crippen LogP contribution is -2.15.